The Morgan fingerprint density at radius 1 is 0.730 bits per heavy atom. The standard InChI is InChI=1S/C30H38O4S3/c1-9-13-27(33-25(31)11-3)36-29-19(5)15-23(16-20(29)6)35-24-17-21(7)30(22(8)18-24)37-28(14-10-2)34-26(32)12-4/h11-12,15-18,27-28H,3-4,9-10,13-14H2,1-2,5-8H3. The van der Waals surface area contributed by atoms with E-state index in [0.29, 0.717) is 0 Å². The van der Waals surface area contributed by atoms with E-state index in [2.05, 4.69) is 79.0 Å². The molecule has 200 valence electrons. The van der Waals surface area contributed by atoms with E-state index in [-0.39, 0.29) is 22.8 Å². The van der Waals surface area contributed by atoms with Crippen molar-refractivity contribution in [2.75, 3.05) is 0 Å². The lowest BCUT2D eigenvalue weighted by Crippen LogP contribution is -2.13. The molecule has 0 spiro atoms. The number of esters is 2. The Morgan fingerprint density at radius 2 is 1.05 bits per heavy atom. The summed E-state index contributed by atoms with van der Waals surface area (Å²) in [7, 11) is 0. The van der Waals surface area contributed by atoms with Gasteiger partial charge in [0.05, 0.1) is 0 Å². The Labute approximate surface area is 235 Å². The van der Waals surface area contributed by atoms with Gasteiger partial charge in [-0.15, -0.1) is 0 Å². The lowest BCUT2D eigenvalue weighted by atomic mass is 10.1. The highest BCUT2D eigenvalue weighted by Gasteiger charge is 2.19. The quantitative estimate of drug-likeness (QED) is 0.0992. The van der Waals surface area contributed by atoms with Gasteiger partial charge in [0.15, 0.2) is 10.9 Å². The minimum Gasteiger partial charge on any atom is -0.448 e. The molecule has 0 aliphatic carbocycles. The first-order chi connectivity index (χ1) is 17.6. The molecule has 0 fully saturated rings. The SMILES string of the molecule is C=CC(=O)OC(CCC)Sc1c(C)cc(Sc2cc(C)c(SC(CCC)OC(=O)C=C)c(C)c2)cc1C. The van der Waals surface area contributed by atoms with Crippen molar-refractivity contribution in [2.45, 2.75) is 97.7 Å². The number of hydrogen-bond acceptors (Lipinski definition) is 7. The summed E-state index contributed by atoms with van der Waals surface area (Å²) in [6, 6.07) is 8.77. The lowest BCUT2D eigenvalue weighted by Gasteiger charge is -2.20. The molecule has 0 aliphatic rings. The molecular weight excluding hydrogens is 521 g/mol. The van der Waals surface area contributed by atoms with Crippen LogP contribution in [0.5, 0.6) is 0 Å². The fourth-order valence-corrected chi connectivity index (χ4v) is 7.53. The van der Waals surface area contributed by atoms with Crippen molar-refractivity contribution in [2.24, 2.45) is 0 Å². The molecule has 2 rings (SSSR count). The Balaban J connectivity index is 2.22. The average molecular weight is 559 g/mol. The molecule has 0 N–H and O–H groups in total. The van der Waals surface area contributed by atoms with Crippen molar-refractivity contribution in [1.29, 1.82) is 0 Å². The largest absolute Gasteiger partial charge is 0.448 e. The number of thioether (sulfide) groups is 2. The predicted octanol–water partition coefficient (Wildman–Crippen LogP) is 8.97. The van der Waals surface area contributed by atoms with E-state index in [4.69, 9.17) is 9.47 Å². The third-order valence-electron chi connectivity index (χ3n) is 5.48. The van der Waals surface area contributed by atoms with Crippen LogP contribution in [0.2, 0.25) is 0 Å². The van der Waals surface area contributed by atoms with Crippen LogP contribution >= 0.6 is 35.3 Å². The highest BCUT2D eigenvalue weighted by Crippen LogP contribution is 2.40. The van der Waals surface area contributed by atoms with Gasteiger partial charge in [0, 0.05) is 31.7 Å². The highest BCUT2D eigenvalue weighted by atomic mass is 32.2. The summed E-state index contributed by atoms with van der Waals surface area (Å²) in [6.45, 7) is 19.6. The number of hydrogen-bond donors (Lipinski definition) is 0. The minimum atomic E-state index is -0.388. The van der Waals surface area contributed by atoms with Crippen LogP contribution in [0.15, 0.2) is 69.2 Å². The lowest BCUT2D eigenvalue weighted by molar-refractivity contribution is -0.140. The van der Waals surface area contributed by atoms with E-state index < -0.39 is 0 Å². The van der Waals surface area contributed by atoms with E-state index in [1.807, 2.05) is 0 Å². The summed E-state index contributed by atoms with van der Waals surface area (Å²) in [4.78, 5) is 28.1. The van der Waals surface area contributed by atoms with Gasteiger partial charge in [-0.2, -0.15) is 0 Å². The number of aryl methyl sites for hydroxylation is 4. The fraction of sp³-hybridized carbons (Fsp3) is 0.400. The molecule has 2 aromatic rings. The molecule has 37 heavy (non-hydrogen) atoms. The normalized spacial score (nSPS) is 12.5. The molecule has 0 amide bonds. The van der Waals surface area contributed by atoms with Crippen molar-refractivity contribution in [3.8, 4) is 0 Å². The van der Waals surface area contributed by atoms with E-state index in [1.54, 1.807) is 35.3 Å². The molecule has 0 saturated carbocycles. The van der Waals surface area contributed by atoms with Crippen molar-refractivity contribution in [3.05, 3.63) is 71.8 Å². The zero-order valence-electron chi connectivity index (χ0n) is 22.7. The maximum absolute atomic E-state index is 11.8. The number of benzene rings is 2. The Hall–Kier alpha value is -2.09. The van der Waals surface area contributed by atoms with Crippen molar-refractivity contribution < 1.29 is 19.1 Å². The minimum absolute atomic E-state index is 0.232. The molecule has 7 heteroatoms. The smallest absolute Gasteiger partial charge is 0.331 e. The third kappa shape index (κ3) is 9.62. The zero-order chi connectivity index (χ0) is 27.5. The Morgan fingerprint density at radius 3 is 1.32 bits per heavy atom. The van der Waals surface area contributed by atoms with Gasteiger partial charge >= 0.3 is 11.9 Å². The molecule has 0 saturated heterocycles. The number of ether oxygens (including phenoxy) is 2. The average Bonchev–Trinajstić information content (AvgIpc) is 2.83. The molecular formula is C30H38O4S3. The van der Waals surface area contributed by atoms with Gasteiger partial charge in [-0.1, -0.05) is 75.1 Å². The first-order valence-electron chi connectivity index (χ1n) is 12.5. The zero-order valence-corrected chi connectivity index (χ0v) is 25.2. The first kappa shape index (κ1) is 31.1. The van der Waals surface area contributed by atoms with Gasteiger partial charge in [-0.3, -0.25) is 0 Å². The Kier molecular flexibility index (Phi) is 12.9. The number of carbonyl (C=O) groups excluding carboxylic acids is 2. The molecule has 2 unspecified atom stereocenters. The summed E-state index contributed by atoms with van der Waals surface area (Å²) in [6.07, 6.45) is 5.86. The molecule has 2 aromatic carbocycles. The van der Waals surface area contributed by atoms with E-state index in [0.717, 1.165) is 67.5 Å². The van der Waals surface area contributed by atoms with E-state index in [9.17, 15) is 9.59 Å². The van der Waals surface area contributed by atoms with Crippen molar-refractivity contribution >= 4 is 47.2 Å². The third-order valence-corrected chi connectivity index (χ3v) is 9.37. The summed E-state index contributed by atoms with van der Waals surface area (Å²) >= 11 is 4.94. The van der Waals surface area contributed by atoms with Crippen molar-refractivity contribution in [1.82, 2.24) is 0 Å². The van der Waals surface area contributed by atoms with Gasteiger partial charge in [-0.05, 0) is 87.1 Å². The van der Waals surface area contributed by atoms with Crippen LogP contribution in [0, 0.1) is 27.7 Å². The summed E-state index contributed by atoms with van der Waals surface area (Å²) in [5.41, 5.74) is 4.18. The molecule has 0 heterocycles. The second-order valence-electron chi connectivity index (χ2n) is 8.83. The molecule has 0 radical (unpaired) electrons. The topological polar surface area (TPSA) is 52.6 Å². The van der Waals surface area contributed by atoms with Crippen LogP contribution in [-0.2, 0) is 19.1 Å². The predicted molar refractivity (Wildman–Crippen MR) is 158 cm³/mol. The van der Waals surface area contributed by atoms with Crippen LogP contribution < -0.4 is 0 Å². The van der Waals surface area contributed by atoms with Crippen LogP contribution in [0.25, 0.3) is 0 Å². The van der Waals surface area contributed by atoms with Crippen LogP contribution in [0.1, 0.15) is 61.8 Å². The molecule has 0 bridgehead atoms. The highest BCUT2D eigenvalue weighted by molar-refractivity contribution is 8.00. The maximum Gasteiger partial charge on any atom is 0.331 e. The summed E-state index contributed by atoms with van der Waals surface area (Å²) in [5, 5.41) is 0. The second kappa shape index (κ2) is 15.4. The van der Waals surface area contributed by atoms with Gasteiger partial charge in [-0.25, -0.2) is 9.59 Å². The van der Waals surface area contributed by atoms with E-state index >= 15 is 0 Å². The second-order valence-corrected chi connectivity index (χ2v) is 12.3. The van der Waals surface area contributed by atoms with Crippen molar-refractivity contribution in [3.63, 3.8) is 0 Å². The van der Waals surface area contributed by atoms with E-state index in [1.165, 1.54) is 12.2 Å². The molecule has 0 aliphatic heterocycles. The molecule has 2 atom stereocenters. The Bertz CT molecular complexity index is 992. The maximum atomic E-state index is 11.8. The number of carbonyl (C=O) groups is 2. The fourth-order valence-electron chi connectivity index (χ4n) is 3.82. The van der Waals surface area contributed by atoms with Gasteiger partial charge in [0.25, 0.3) is 0 Å². The van der Waals surface area contributed by atoms with Gasteiger partial charge < -0.3 is 9.47 Å². The van der Waals surface area contributed by atoms with Crippen LogP contribution in [0.3, 0.4) is 0 Å². The first-order valence-corrected chi connectivity index (χ1v) is 15.1. The number of rotatable bonds is 14. The molecule has 0 aromatic heterocycles. The monoisotopic (exact) mass is 558 g/mol. The van der Waals surface area contributed by atoms with Crippen LogP contribution in [-0.4, -0.2) is 22.8 Å². The molecule has 4 nitrogen and oxygen atoms in total. The summed E-state index contributed by atoms with van der Waals surface area (Å²) in [5.74, 6) is -0.777. The van der Waals surface area contributed by atoms with Gasteiger partial charge in [0.1, 0.15) is 0 Å². The van der Waals surface area contributed by atoms with Crippen LogP contribution in [0.4, 0.5) is 0 Å². The summed E-state index contributed by atoms with van der Waals surface area (Å²) < 4.78 is 11.1. The van der Waals surface area contributed by atoms with Gasteiger partial charge in [0.2, 0.25) is 0 Å².